The summed E-state index contributed by atoms with van der Waals surface area (Å²) >= 11 is 0. The summed E-state index contributed by atoms with van der Waals surface area (Å²) in [5.41, 5.74) is 1.02. The van der Waals surface area contributed by atoms with Gasteiger partial charge in [0.2, 0.25) is 0 Å². The first-order chi connectivity index (χ1) is 5.04. The molecule has 0 unspecified atom stereocenters. The van der Waals surface area contributed by atoms with E-state index >= 15 is 0 Å². The SMILES string of the molecule is C=CC(=C)C.[2H]C=CC(C)C. The average Bonchev–Trinajstić information content (AvgIpc) is 1.89. The van der Waals surface area contributed by atoms with Crippen molar-refractivity contribution in [1.82, 2.24) is 0 Å². The molecule has 0 rings (SSSR count). The van der Waals surface area contributed by atoms with Crippen molar-refractivity contribution < 1.29 is 1.37 Å². The van der Waals surface area contributed by atoms with Crippen LogP contribution < -0.4 is 0 Å². The van der Waals surface area contributed by atoms with Crippen LogP contribution in [0, 0.1) is 5.92 Å². The topological polar surface area (TPSA) is 0 Å². The van der Waals surface area contributed by atoms with Crippen molar-refractivity contribution in [3.63, 3.8) is 0 Å². The second-order valence-electron chi connectivity index (χ2n) is 2.49. The molecule has 0 atom stereocenters. The number of hydrogen-bond donors (Lipinski definition) is 0. The molecule has 0 aromatic rings. The van der Waals surface area contributed by atoms with Crippen LogP contribution in [0.25, 0.3) is 0 Å². The molecule has 0 N–H and O–H groups in total. The van der Waals surface area contributed by atoms with Crippen LogP contribution in [0.5, 0.6) is 0 Å². The van der Waals surface area contributed by atoms with E-state index in [-0.39, 0.29) is 0 Å². The van der Waals surface area contributed by atoms with Crippen molar-refractivity contribution in [2.24, 2.45) is 5.92 Å². The fourth-order valence-electron chi connectivity index (χ4n) is 0. The molecule has 58 valence electrons. The monoisotopic (exact) mass is 139 g/mol. The van der Waals surface area contributed by atoms with Crippen molar-refractivity contribution in [2.45, 2.75) is 20.8 Å². The lowest BCUT2D eigenvalue weighted by atomic mass is 10.2. The zero-order valence-corrected chi connectivity index (χ0v) is 7.22. The quantitative estimate of drug-likeness (QED) is 0.405. The van der Waals surface area contributed by atoms with Crippen LogP contribution in [0.2, 0.25) is 0 Å². The van der Waals surface area contributed by atoms with E-state index in [4.69, 9.17) is 1.37 Å². The van der Waals surface area contributed by atoms with Gasteiger partial charge in [-0.2, -0.15) is 0 Å². The van der Waals surface area contributed by atoms with Crippen LogP contribution in [-0.2, 0) is 0 Å². The third-order valence-electron chi connectivity index (χ3n) is 0.733. The minimum absolute atomic E-state index is 0.530. The van der Waals surface area contributed by atoms with Gasteiger partial charge in [-0.1, -0.05) is 44.7 Å². The Hall–Kier alpha value is -0.780. The largest absolute Gasteiger partial charge is 0.103 e. The van der Waals surface area contributed by atoms with Gasteiger partial charge >= 0.3 is 0 Å². The Balaban J connectivity index is 0. The molecule has 0 heteroatoms. The standard InChI is InChI=1S/C5H10.C5H8/c2*1-4-5(2)3/h4-5H,1H2,2-3H3;4H,1-2H2,3H3/i1D;. The average molecular weight is 139 g/mol. The van der Waals surface area contributed by atoms with Crippen molar-refractivity contribution in [3.05, 3.63) is 37.4 Å². The molecule has 10 heavy (non-hydrogen) atoms. The van der Waals surface area contributed by atoms with Crippen LogP contribution in [-0.4, -0.2) is 0 Å². The molecule has 0 aliphatic rings. The van der Waals surface area contributed by atoms with Gasteiger partial charge < -0.3 is 0 Å². The highest BCUT2D eigenvalue weighted by atomic mass is 13.8. The van der Waals surface area contributed by atoms with Gasteiger partial charge in [0.05, 0.1) is 1.37 Å². The van der Waals surface area contributed by atoms with Crippen LogP contribution in [0.4, 0.5) is 0 Å². The van der Waals surface area contributed by atoms with E-state index in [1.807, 2.05) is 26.8 Å². The van der Waals surface area contributed by atoms with E-state index in [2.05, 4.69) is 13.2 Å². The summed E-state index contributed by atoms with van der Waals surface area (Å²) in [6.07, 6.45) is 3.56. The Morgan fingerprint density at radius 1 is 1.60 bits per heavy atom. The Bertz CT molecular complexity index is 132. The summed E-state index contributed by atoms with van der Waals surface area (Å²) in [5.74, 6) is 0.530. The molecule has 0 fully saturated rings. The number of hydrogen-bond acceptors (Lipinski definition) is 0. The maximum absolute atomic E-state index is 6.55. The molecule has 0 aliphatic heterocycles. The molecule has 0 spiro atoms. The van der Waals surface area contributed by atoms with Crippen LogP contribution in [0.3, 0.4) is 0 Å². The fraction of sp³-hybridized carbons (Fsp3) is 0.400. The summed E-state index contributed by atoms with van der Waals surface area (Å²) < 4.78 is 6.55. The Morgan fingerprint density at radius 2 is 2.00 bits per heavy atom. The molecule has 0 radical (unpaired) electrons. The molecule has 0 aromatic heterocycles. The van der Waals surface area contributed by atoms with Crippen LogP contribution in [0.15, 0.2) is 37.4 Å². The predicted octanol–water partition coefficient (Wildman–Crippen LogP) is 3.58. The van der Waals surface area contributed by atoms with E-state index in [0.717, 1.165) is 5.57 Å². The summed E-state index contributed by atoms with van der Waals surface area (Å²) in [7, 11) is 0. The van der Waals surface area contributed by atoms with Crippen LogP contribution >= 0.6 is 0 Å². The molecule has 0 amide bonds. The van der Waals surface area contributed by atoms with E-state index in [1.54, 1.807) is 6.08 Å². The van der Waals surface area contributed by atoms with E-state index in [0.29, 0.717) is 5.92 Å². The second-order valence-corrected chi connectivity index (χ2v) is 2.49. The van der Waals surface area contributed by atoms with E-state index in [9.17, 15) is 0 Å². The lowest BCUT2D eigenvalue weighted by Crippen LogP contribution is -1.71. The van der Waals surface area contributed by atoms with Crippen molar-refractivity contribution in [2.75, 3.05) is 0 Å². The highest BCUT2D eigenvalue weighted by Crippen LogP contribution is 1.87. The first-order valence-corrected chi connectivity index (χ1v) is 3.37. The van der Waals surface area contributed by atoms with Gasteiger partial charge in [0.1, 0.15) is 0 Å². The highest BCUT2D eigenvalue weighted by Gasteiger charge is 1.73. The second kappa shape index (κ2) is 8.22. The molecule has 0 saturated carbocycles. The summed E-state index contributed by atoms with van der Waals surface area (Å²) in [6.45, 7) is 14.3. The fourth-order valence-corrected chi connectivity index (χ4v) is 0. The molecule has 0 heterocycles. The minimum atomic E-state index is 0.530. The summed E-state index contributed by atoms with van der Waals surface area (Å²) in [6, 6.07) is 0. The van der Waals surface area contributed by atoms with Gasteiger partial charge in [-0.3, -0.25) is 0 Å². The van der Waals surface area contributed by atoms with Crippen molar-refractivity contribution >= 4 is 0 Å². The molecular weight excluding hydrogens is 120 g/mol. The zero-order chi connectivity index (χ0) is 9.28. The third-order valence-corrected chi connectivity index (χ3v) is 0.733. The van der Waals surface area contributed by atoms with Gasteiger partial charge in [-0.05, 0) is 12.8 Å². The van der Waals surface area contributed by atoms with Gasteiger partial charge in [0.25, 0.3) is 0 Å². The predicted molar refractivity (Wildman–Crippen MR) is 50.0 cm³/mol. The van der Waals surface area contributed by atoms with Crippen molar-refractivity contribution in [1.29, 1.82) is 0 Å². The maximum atomic E-state index is 6.55. The highest BCUT2D eigenvalue weighted by molar-refractivity contribution is 5.05. The molecule has 0 bridgehead atoms. The third kappa shape index (κ3) is 26.9. The first kappa shape index (κ1) is 9.22. The molecule has 0 aromatic carbocycles. The molecule has 0 saturated heterocycles. The molecular formula is C10H18. The van der Waals surface area contributed by atoms with Gasteiger partial charge in [-0.25, -0.2) is 0 Å². The maximum Gasteiger partial charge on any atom is 0.0535 e. The number of rotatable bonds is 2. The van der Waals surface area contributed by atoms with E-state index < -0.39 is 0 Å². The molecule has 0 aliphatic carbocycles. The van der Waals surface area contributed by atoms with E-state index in [1.165, 1.54) is 6.55 Å². The molecule has 0 nitrogen and oxygen atoms in total. The number of allylic oxidation sites excluding steroid dienone is 3. The Morgan fingerprint density at radius 3 is 2.00 bits per heavy atom. The van der Waals surface area contributed by atoms with Gasteiger partial charge in [0.15, 0.2) is 0 Å². The Labute approximate surface area is 66.4 Å². The lowest BCUT2D eigenvalue weighted by molar-refractivity contribution is 0.835. The Kier molecular flexibility index (Phi) is 7.58. The summed E-state index contributed by atoms with van der Waals surface area (Å²) in [5, 5.41) is 0. The van der Waals surface area contributed by atoms with Crippen LogP contribution in [0.1, 0.15) is 22.1 Å². The lowest BCUT2D eigenvalue weighted by Gasteiger charge is -1.84. The van der Waals surface area contributed by atoms with Gasteiger partial charge in [-0.15, -0.1) is 6.55 Å². The normalized spacial score (nSPS) is 10.2. The minimum Gasteiger partial charge on any atom is -0.103 e. The van der Waals surface area contributed by atoms with Crippen molar-refractivity contribution in [3.8, 4) is 0 Å². The zero-order valence-electron chi connectivity index (χ0n) is 8.22. The smallest absolute Gasteiger partial charge is 0.0535 e. The first-order valence-electron chi connectivity index (χ1n) is 3.95. The van der Waals surface area contributed by atoms with Gasteiger partial charge in [0, 0.05) is 0 Å². The summed E-state index contributed by atoms with van der Waals surface area (Å²) in [4.78, 5) is 0.